The second-order valence-electron chi connectivity index (χ2n) is 3.73. The fourth-order valence-corrected chi connectivity index (χ4v) is 2.33. The Kier molecular flexibility index (Phi) is 3.49. The Morgan fingerprint density at radius 2 is 2.12 bits per heavy atom. The molecular weight excluding hydrogens is 242 g/mol. The van der Waals surface area contributed by atoms with Gasteiger partial charge in [0.2, 0.25) is 0 Å². The van der Waals surface area contributed by atoms with Crippen LogP contribution in [0.15, 0.2) is 23.0 Å². The molecule has 90 valence electrons. The molecule has 0 spiro atoms. The van der Waals surface area contributed by atoms with Crippen molar-refractivity contribution in [3.63, 3.8) is 0 Å². The van der Waals surface area contributed by atoms with Gasteiger partial charge in [-0.15, -0.1) is 11.3 Å². The van der Waals surface area contributed by atoms with Crippen LogP contribution in [-0.4, -0.2) is 12.0 Å². The summed E-state index contributed by atoms with van der Waals surface area (Å²) in [6.45, 7) is 1.62. The molecule has 1 heterocycles. The second kappa shape index (κ2) is 4.89. The van der Waals surface area contributed by atoms with E-state index in [-0.39, 0.29) is 5.56 Å². The summed E-state index contributed by atoms with van der Waals surface area (Å²) in [6.07, 6.45) is 0. The Hall–Kier alpha value is -1.33. The van der Waals surface area contributed by atoms with Gasteiger partial charge in [0, 0.05) is 10.9 Å². The number of hydrogen-bond donors (Lipinski definition) is 1. The van der Waals surface area contributed by atoms with Gasteiger partial charge in [0.1, 0.15) is 11.6 Å². The third-order valence-electron chi connectivity index (χ3n) is 2.64. The summed E-state index contributed by atoms with van der Waals surface area (Å²) in [7, 11) is 1.66. The number of nitrogens with one attached hydrogen (secondary N) is 1. The van der Waals surface area contributed by atoms with Crippen molar-refractivity contribution < 1.29 is 8.78 Å². The molecule has 1 N–H and O–H groups in total. The highest BCUT2D eigenvalue weighted by Gasteiger charge is 2.23. The summed E-state index contributed by atoms with van der Waals surface area (Å²) >= 11 is 1.40. The fourth-order valence-electron chi connectivity index (χ4n) is 1.75. The van der Waals surface area contributed by atoms with Gasteiger partial charge in [-0.05, 0) is 25.6 Å². The van der Waals surface area contributed by atoms with Gasteiger partial charge in [-0.2, -0.15) is 0 Å². The molecule has 17 heavy (non-hydrogen) atoms. The molecule has 0 aliphatic heterocycles. The number of halogens is 2. The molecule has 0 radical (unpaired) electrons. The number of hydrogen-bond acceptors (Lipinski definition) is 3. The fraction of sp³-hybridized carbons (Fsp3) is 0.250. The van der Waals surface area contributed by atoms with Gasteiger partial charge >= 0.3 is 0 Å². The number of aromatic nitrogens is 1. The van der Waals surface area contributed by atoms with Crippen LogP contribution in [0, 0.1) is 18.6 Å². The summed E-state index contributed by atoms with van der Waals surface area (Å²) in [4.78, 5) is 4.10. The van der Waals surface area contributed by atoms with Crippen LogP contribution in [0.1, 0.15) is 22.9 Å². The minimum Gasteiger partial charge on any atom is -0.308 e. The van der Waals surface area contributed by atoms with Crippen molar-refractivity contribution in [3.8, 4) is 0 Å². The van der Waals surface area contributed by atoms with E-state index in [4.69, 9.17) is 0 Å². The average molecular weight is 254 g/mol. The molecule has 0 aliphatic rings. The minimum absolute atomic E-state index is 0.0263. The number of nitrogens with zero attached hydrogens (tertiary/aromatic N) is 1. The maximum absolute atomic E-state index is 14.0. The van der Waals surface area contributed by atoms with Crippen molar-refractivity contribution in [1.82, 2.24) is 10.3 Å². The van der Waals surface area contributed by atoms with Gasteiger partial charge < -0.3 is 5.32 Å². The maximum Gasteiger partial charge on any atom is 0.134 e. The van der Waals surface area contributed by atoms with E-state index >= 15 is 0 Å². The summed E-state index contributed by atoms with van der Waals surface area (Å²) in [5.74, 6) is -1.07. The van der Waals surface area contributed by atoms with Crippen molar-refractivity contribution in [1.29, 1.82) is 0 Å². The molecule has 0 aliphatic carbocycles. The van der Waals surface area contributed by atoms with Crippen molar-refractivity contribution in [2.75, 3.05) is 7.05 Å². The lowest BCUT2D eigenvalue weighted by molar-refractivity contribution is 0.514. The van der Waals surface area contributed by atoms with Crippen molar-refractivity contribution in [2.24, 2.45) is 0 Å². The van der Waals surface area contributed by atoms with Crippen LogP contribution in [0.4, 0.5) is 8.78 Å². The summed E-state index contributed by atoms with van der Waals surface area (Å²) in [5.41, 5.74) is 2.72. The number of thiazole rings is 1. The van der Waals surface area contributed by atoms with Gasteiger partial charge in [-0.1, -0.05) is 6.07 Å². The van der Waals surface area contributed by atoms with Crippen LogP contribution in [0.2, 0.25) is 0 Å². The van der Waals surface area contributed by atoms with E-state index in [0.717, 1.165) is 0 Å². The van der Waals surface area contributed by atoms with Gasteiger partial charge in [-0.3, -0.25) is 0 Å². The van der Waals surface area contributed by atoms with Crippen LogP contribution in [0.25, 0.3) is 0 Å². The standard InChI is InChI=1S/C12H12F2N2S/c1-7-3-4-8(13)10(11(7)14)12(15-2)9-5-17-6-16-9/h3-6,12,15H,1-2H3. The minimum atomic E-state index is -0.555. The molecule has 2 rings (SSSR count). The molecule has 2 nitrogen and oxygen atoms in total. The molecule has 5 heteroatoms. The smallest absolute Gasteiger partial charge is 0.134 e. The van der Waals surface area contributed by atoms with Gasteiger partial charge in [0.05, 0.1) is 17.2 Å². The first-order valence-electron chi connectivity index (χ1n) is 5.15. The quantitative estimate of drug-likeness (QED) is 0.910. The first kappa shape index (κ1) is 12.1. The molecule has 0 saturated heterocycles. The number of rotatable bonds is 3. The normalized spacial score (nSPS) is 12.7. The predicted molar refractivity (Wildman–Crippen MR) is 64.1 cm³/mol. The van der Waals surface area contributed by atoms with Gasteiger partial charge in [0.25, 0.3) is 0 Å². The van der Waals surface area contributed by atoms with E-state index < -0.39 is 17.7 Å². The molecule has 0 amide bonds. The molecule has 1 unspecified atom stereocenters. The van der Waals surface area contributed by atoms with Crippen molar-refractivity contribution in [2.45, 2.75) is 13.0 Å². The Morgan fingerprint density at radius 3 is 2.71 bits per heavy atom. The van der Waals surface area contributed by atoms with E-state index in [9.17, 15) is 8.78 Å². The number of benzene rings is 1. The Bertz CT molecular complexity index is 511. The van der Waals surface area contributed by atoms with E-state index in [0.29, 0.717) is 11.3 Å². The SMILES string of the molecule is CNC(c1cscn1)c1c(F)ccc(C)c1F. The van der Waals surface area contributed by atoms with E-state index in [1.165, 1.54) is 23.5 Å². The lowest BCUT2D eigenvalue weighted by Gasteiger charge is -2.17. The molecule has 1 atom stereocenters. The van der Waals surface area contributed by atoms with Crippen LogP contribution in [0.5, 0.6) is 0 Å². The Labute approximate surface area is 102 Å². The first-order valence-corrected chi connectivity index (χ1v) is 6.09. The van der Waals surface area contributed by atoms with Crippen LogP contribution in [0.3, 0.4) is 0 Å². The number of aryl methyl sites for hydroxylation is 1. The van der Waals surface area contributed by atoms with Crippen LogP contribution < -0.4 is 5.32 Å². The van der Waals surface area contributed by atoms with Crippen molar-refractivity contribution >= 4 is 11.3 Å². The van der Waals surface area contributed by atoms with Crippen LogP contribution in [-0.2, 0) is 0 Å². The van der Waals surface area contributed by atoms with E-state index in [1.807, 2.05) is 0 Å². The van der Waals surface area contributed by atoms with E-state index in [1.54, 1.807) is 24.9 Å². The molecule has 1 aromatic carbocycles. The van der Waals surface area contributed by atoms with Crippen LogP contribution >= 0.6 is 11.3 Å². The third-order valence-corrected chi connectivity index (χ3v) is 3.25. The predicted octanol–water partition coefficient (Wildman–Crippen LogP) is 3.04. The molecule has 2 aromatic rings. The summed E-state index contributed by atoms with van der Waals surface area (Å²) in [5, 5.41) is 4.67. The maximum atomic E-state index is 14.0. The zero-order valence-corrected chi connectivity index (χ0v) is 10.3. The topological polar surface area (TPSA) is 24.9 Å². The van der Waals surface area contributed by atoms with Gasteiger partial charge in [0.15, 0.2) is 0 Å². The molecular formula is C12H12F2N2S. The summed E-state index contributed by atoms with van der Waals surface area (Å²) in [6, 6.07) is 2.16. The monoisotopic (exact) mass is 254 g/mol. The molecule has 0 saturated carbocycles. The van der Waals surface area contributed by atoms with Crippen molar-refractivity contribution in [3.05, 3.63) is 51.5 Å². The highest BCUT2D eigenvalue weighted by atomic mass is 32.1. The zero-order valence-electron chi connectivity index (χ0n) is 9.50. The molecule has 1 aromatic heterocycles. The highest BCUT2D eigenvalue weighted by Crippen LogP contribution is 2.28. The molecule has 0 bridgehead atoms. The Morgan fingerprint density at radius 1 is 1.35 bits per heavy atom. The van der Waals surface area contributed by atoms with E-state index in [2.05, 4.69) is 10.3 Å². The Balaban J connectivity index is 2.55. The largest absolute Gasteiger partial charge is 0.308 e. The zero-order chi connectivity index (χ0) is 12.4. The molecule has 0 fully saturated rings. The van der Waals surface area contributed by atoms with Gasteiger partial charge in [-0.25, -0.2) is 13.8 Å². The second-order valence-corrected chi connectivity index (χ2v) is 4.45. The average Bonchev–Trinajstić information content (AvgIpc) is 2.83. The lowest BCUT2D eigenvalue weighted by atomic mass is 10.0. The summed E-state index contributed by atoms with van der Waals surface area (Å²) < 4.78 is 27.7. The highest BCUT2D eigenvalue weighted by molar-refractivity contribution is 7.07. The lowest BCUT2D eigenvalue weighted by Crippen LogP contribution is -2.21. The first-order chi connectivity index (χ1) is 8.15. The third kappa shape index (κ3) is 2.21.